The van der Waals surface area contributed by atoms with Gasteiger partial charge in [0.15, 0.2) is 5.82 Å². The minimum atomic E-state index is -0.258. The first-order chi connectivity index (χ1) is 16.3. The molecule has 2 aromatic rings. The van der Waals surface area contributed by atoms with E-state index in [0.717, 1.165) is 43.1 Å². The number of nitrogens with zero attached hydrogens (tertiary/aromatic N) is 4. The van der Waals surface area contributed by atoms with E-state index in [0.29, 0.717) is 18.5 Å². The molecule has 2 aliphatic carbocycles. The van der Waals surface area contributed by atoms with Crippen LogP contribution in [0.1, 0.15) is 89.6 Å². The molecule has 0 bridgehead atoms. The lowest BCUT2D eigenvalue weighted by atomic mass is 9.88. The van der Waals surface area contributed by atoms with Crippen molar-refractivity contribution in [3.63, 3.8) is 0 Å². The van der Waals surface area contributed by atoms with Gasteiger partial charge in [0.1, 0.15) is 11.6 Å². The number of hydrogen-bond acceptors (Lipinski definition) is 7. The third kappa shape index (κ3) is 6.05. The Morgan fingerprint density at radius 1 is 1.15 bits per heavy atom. The van der Waals surface area contributed by atoms with Crippen LogP contribution in [0.4, 0.5) is 16.4 Å². The lowest BCUT2D eigenvalue weighted by Gasteiger charge is -2.43. The van der Waals surface area contributed by atoms with E-state index in [1.807, 2.05) is 11.0 Å². The second-order valence-electron chi connectivity index (χ2n) is 10.6. The largest absolute Gasteiger partial charge is 0.453 e. The van der Waals surface area contributed by atoms with Crippen LogP contribution in [-0.2, 0) is 11.3 Å². The van der Waals surface area contributed by atoms with Gasteiger partial charge in [-0.1, -0.05) is 12.8 Å². The number of anilines is 2. The third-order valence-corrected chi connectivity index (χ3v) is 7.06. The predicted octanol–water partition coefficient (Wildman–Crippen LogP) is 4.87. The van der Waals surface area contributed by atoms with Crippen LogP contribution >= 0.6 is 0 Å². The van der Waals surface area contributed by atoms with E-state index < -0.39 is 0 Å². The fraction of sp³-hybridized carbons (Fsp3) is 0.680. The number of ether oxygens (including phenoxy) is 1. The molecule has 34 heavy (non-hydrogen) atoms. The molecule has 0 radical (unpaired) electrons. The van der Waals surface area contributed by atoms with Crippen molar-refractivity contribution < 1.29 is 9.53 Å². The second-order valence-corrected chi connectivity index (χ2v) is 10.6. The van der Waals surface area contributed by atoms with Crippen LogP contribution < -0.4 is 10.6 Å². The number of carbonyl (C=O) groups excluding carboxylic acids is 1. The molecule has 0 saturated heterocycles. The molecular formula is C25H39N7O2. The maximum atomic E-state index is 12.3. The second kappa shape index (κ2) is 10.7. The van der Waals surface area contributed by atoms with Gasteiger partial charge in [0.05, 0.1) is 13.7 Å². The van der Waals surface area contributed by atoms with E-state index in [1.165, 1.54) is 38.5 Å². The van der Waals surface area contributed by atoms with Gasteiger partial charge in [0.2, 0.25) is 0 Å². The van der Waals surface area contributed by atoms with Crippen molar-refractivity contribution in [1.82, 2.24) is 30.4 Å². The standard InChI is InChI=1S/C25H39N7O2/c1-25(2,3)32(24(33)34-4)19-11-9-18(10-12-19)27-16-23-26-14-13-21(29-23)28-22-15-20(30-31-22)17-7-5-6-8-17/h13-15,17-19,27H,5-12,16H2,1-4H3,(H2,26,28,29,30,31). The van der Waals surface area contributed by atoms with Gasteiger partial charge < -0.3 is 20.3 Å². The van der Waals surface area contributed by atoms with E-state index in [1.54, 1.807) is 6.20 Å². The van der Waals surface area contributed by atoms with Gasteiger partial charge >= 0.3 is 6.09 Å². The SMILES string of the molecule is COC(=O)N(C1CCC(NCc2nccc(Nc3cc(C4CCCC4)[nH]n3)n2)CC1)C(C)(C)C. The smallest absolute Gasteiger partial charge is 0.410 e. The van der Waals surface area contributed by atoms with Crippen LogP contribution in [-0.4, -0.2) is 55.9 Å². The van der Waals surface area contributed by atoms with Crippen LogP contribution in [0.15, 0.2) is 18.3 Å². The Morgan fingerprint density at radius 2 is 1.88 bits per heavy atom. The lowest BCUT2D eigenvalue weighted by molar-refractivity contribution is 0.0418. The zero-order valence-electron chi connectivity index (χ0n) is 20.9. The molecule has 2 heterocycles. The zero-order chi connectivity index (χ0) is 24.1. The summed E-state index contributed by atoms with van der Waals surface area (Å²) in [5.74, 6) is 2.90. The molecule has 4 rings (SSSR count). The highest BCUT2D eigenvalue weighted by atomic mass is 16.5. The lowest BCUT2D eigenvalue weighted by Crippen LogP contribution is -2.53. The maximum Gasteiger partial charge on any atom is 0.410 e. The van der Waals surface area contributed by atoms with Crippen molar-refractivity contribution in [2.24, 2.45) is 0 Å². The number of methoxy groups -OCH3 is 1. The first-order valence-electron chi connectivity index (χ1n) is 12.6. The van der Waals surface area contributed by atoms with Gasteiger partial charge in [-0.15, -0.1) is 0 Å². The van der Waals surface area contributed by atoms with Crippen molar-refractivity contribution in [3.8, 4) is 0 Å². The van der Waals surface area contributed by atoms with Gasteiger partial charge in [0.25, 0.3) is 0 Å². The number of rotatable bonds is 7. The monoisotopic (exact) mass is 469 g/mol. The molecule has 0 unspecified atom stereocenters. The summed E-state index contributed by atoms with van der Waals surface area (Å²) in [7, 11) is 1.46. The van der Waals surface area contributed by atoms with Crippen molar-refractivity contribution in [2.75, 3.05) is 12.4 Å². The number of aromatic nitrogens is 4. The molecular weight excluding hydrogens is 430 g/mol. The Labute approximate surface area is 202 Å². The quantitative estimate of drug-likeness (QED) is 0.531. The van der Waals surface area contributed by atoms with E-state index in [9.17, 15) is 4.79 Å². The van der Waals surface area contributed by atoms with Gasteiger partial charge in [0, 0.05) is 41.5 Å². The molecule has 2 saturated carbocycles. The highest BCUT2D eigenvalue weighted by molar-refractivity contribution is 5.68. The van der Waals surface area contributed by atoms with Crippen molar-refractivity contribution in [3.05, 3.63) is 29.8 Å². The summed E-state index contributed by atoms with van der Waals surface area (Å²) in [4.78, 5) is 23.3. The first-order valence-corrected chi connectivity index (χ1v) is 12.6. The minimum absolute atomic E-state index is 0.206. The zero-order valence-corrected chi connectivity index (χ0v) is 20.9. The third-order valence-electron chi connectivity index (χ3n) is 7.06. The molecule has 2 aromatic heterocycles. The number of amides is 1. The topological polar surface area (TPSA) is 108 Å². The summed E-state index contributed by atoms with van der Waals surface area (Å²) in [6.45, 7) is 6.79. The van der Waals surface area contributed by atoms with E-state index >= 15 is 0 Å². The summed E-state index contributed by atoms with van der Waals surface area (Å²) in [5, 5.41) is 14.5. The molecule has 2 fully saturated rings. The van der Waals surface area contributed by atoms with E-state index in [4.69, 9.17) is 4.74 Å². The Morgan fingerprint density at radius 3 is 2.56 bits per heavy atom. The minimum Gasteiger partial charge on any atom is -0.453 e. The predicted molar refractivity (Wildman–Crippen MR) is 132 cm³/mol. The highest BCUT2D eigenvalue weighted by Gasteiger charge is 2.36. The molecule has 9 nitrogen and oxygen atoms in total. The molecule has 9 heteroatoms. The number of carbonyl (C=O) groups is 1. The molecule has 0 aliphatic heterocycles. The number of aromatic amines is 1. The number of nitrogens with one attached hydrogen (secondary N) is 3. The Balaban J connectivity index is 1.27. The average molecular weight is 470 g/mol. The summed E-state index contributed by atoms with van der Waals surface area (Å²) >= 11 is 0. The van der Waals surface area contributed by atoms with Crippen LogP contribution in [0, 0.1) is 0 Å². The van der Waals surface area contributed by atoms with Crippen LogP contribution in [0.2, 0.25) is 0 Å². The fourth-order valence-corrected chi connectivity index (χ4v) is 5.37. The van der Waals surface area contributed by atoms with Crippen molar-refractivity contribution in [2.45, 2.75) is 102 Å². The van der Waals surface area contributed by atoms with Gasteiger partial charge in [-0.2, -0.15) is 5.10 Å². The molecule has 3 N–H and O–H groups in total. The summed E-state index contributed by atoms with van der Waals surface area (Å²) < 4.78 is 5.05. The van der Waals surface area contributed by atoms with Gasteiger partial charge in [-0.3, -0.25) is 5.10 Å². The van der Waals surface area contributed by atoms with E-state index in [2.05, 4.69) is 57.6 Å². The fourth-order valence-electron chi connectivity index (χ4n) is 5.37. The van der Waals surface area contributed by atoms with Gasteiger partial charge in [-0.25, -0.2) is 14.8 Å². The summed E-state index contributed by atoms with van der Waals surface area (Å²) in [6.07, 6.45) is 10.5. The Bertz CT molecular complexity index is 941. The molecule has 0 aromatic carbocycles. The summed E-state index contributed by atoms with van der Waals surface area (Å²) in [5.41, 5.74) is 0.953. The number of hydrogen-bond donors (Lipinski definition) is 3. The molecule has 0 spiro atoms. The van der Waals surface area contributed by atoms with Crippen LogP contribution in [0.3, 0.4) is 0 Å². The summed E-state index contributed by atoms with van der Waals surface area (Å²) in [6, 6.07) is 4.56. The van der Waals surface area contributed by atoms with Gasteiger partial charge in [-0.05, 0) is 65.4 Å². The van der Waals surface area contributed by atoms with Crippen LogP contribution in [0.5, 0.6) is 0 Å². The normalized spacial score (nSPS) is 21.4. The highest BCUT2D eigenvalue weighted by Crippen LogP contribution is 2.34. The number of H-pyrrole nitrogens is 1. The average Bonchev–Trinajstić information content (AvgIpc) is 3.50. The Hall–Kier alpha value is -2.68. The van der Waals surface area contributed by atoms with Crippen LogP contribution in [0.25, 0.3) is 0 Å². The van der Waals surface area contributed by atoms with Crippen molar-refractivity contribution >= 4 is 17.7 Å². The van der Waals surface area contributed by atoms with E-state index in [-0.39, 0.29) is 17.7 Å². The Kier molecular flexibility index (Phi) is 7.70. The molecule has 1 amide bonds. The first kappa shape index (κ1) is 24.4. The molecule has 0 atom stereocenters. The van der Waals surface area contributed by atoms with Crippen molar-refractivity contribution in [1.29, 1.82) is 0 Å². The maximum absolute atomic E-state index is 12.3. The molecule has 186 valence electrons. The molecule has 2 aliphatic rings.